The molecule has 0 spiro atoms. The summed E-state index contributed by atoms with van der Waals surface area (Å²) < 4.78 is 0. The van der Waals surface area contributed by atoms with Crippen molar-refractivity contribution in [3.8, 4) is 0 Å². The van der Waals surface area contributed by atoms with Crippen molar-refractivity contribution in [1.29, 1.82) is 0 Å². The minimum Gasteiger partial charge on any atom is -0.389 e. The smallest absolute Gasteiger partial charge is 0.0709 e. The first-order valence-electron chi connectivity index (χ1n) is 5.74. The monoisotopic (exact) mass is 180 g/mol. The second-order valence-corrected chi connectivity index (χ2v) is 6.07. The molecule has 1 heteroatoms. The zero-order chi connectivity index (χ0) is 9.32. The highest BCUT2D eigenvalue weighted by molar-refractivity contribution is 5.21. The van der Waals surface area contributed by atoms with Crippen LogP contribution in [-0.2, 0) is 0 Å². The third kappa shape index (κ3) is 0.643. The summed E-state index contributed by atoms with van der Waals surface area (Å²) in [5.41, 5.74) is 0.436. The minimum absolute atomic E-state index is 0.253. The Kier molecular flexibility index (Phi) is 1.26. The maximum Gasteiger partial charge on any atom is 0.0709 e. The highest BCUT2D eigenvalue weighted by Gasteiger charge is 2.71. The van der Waals surface area contributed by atoms with Gasteiger partial charge in [-0.25, -0.2) is 0 Å². The summed E-state index contributed by atoms with van der Waals surface area (Å²) in [5.74, 6) is 0.824. The van der Waals surface area contributed by atoms with Gasteiger partial charge in [0.05, 0.1) is 5.60 Å². The van der Waals surface area contributed by atoms with Crippen LogP contribution in [0.25, 0.3) is 0 Å². The van der Waals surface area contributed by atoms with Crippen molar-refractivity contribution in [3.63, 3.8) is 0 Å². The van der Waals surface area contributed by atoms with Crippen LogP contribution in [0.15, 0.2) is 0 Å². The SMILES string of the molecule is CC12CCCC3(O)CC1CCC32C. The van der Waals surface area contributed by atoms with E-state index >= 15 is 0 Å². The molecule has 3 aliphatic rings. The van der Waals surface area contributed by atoms with Gasteiger partial charge in [-0.2, -0.15) is 0 Å². The number of aliphatic hydroxyl groups is 1. The van der Waals surface area contributed by atoms with Crippen molar-refractivity contribution in [2.75, 3.05) is 0 Å². The molecule has 0 heterocycles. The van der Waals surface area contributed by atoms with E-state index in [1.165, 1.54) is 25.7 Å². The predicted molar refractivity (Wildman–Crippen MR) is 52.4 cm³/mol. The highest BCUT2D eigenvalue weighted by Crippen LogP contribution is 2.74. The number of hydrogen-bond acceptors (Lipinski definition) is 1. The lowest BCUT2D eigenvalue weighted by Crippen LogP contribution is -2.50. The van der Waals surface area contributed by atoms with Crippen molar-refractivity contribution >= 4 is 0 Å². The van der Waals surface area contributed by atoms with E-state index < -0.39 is 0 Å². The Hall–Kier alpha value is -0.0400. The summed E-state index contributed by atoms with van der Waals surface area (Å²) in [6, 6.07) is 0. The molecule has 0 radical (unpaired) electrons. The van der Waals surface area contributed by atoms with Crippen LogP contribution in [0.3, 0.4) is 0 Å². The molecule has 0 aromatic rings. The van der Waals surface area contributed by atoms with Gasteiger partial charge in [0.1, 0.15) is 0 Å². The summed E-state index contributed by atoms with van der Waals surface area (Å²) >= 11 is 0. The second-order valence-electron chi connectivity index (χ2n) is 6.07. The maximum atomic E-state index is 10.6. The van der Waals surface area contributed by atoms with Crippen molar-refractivity contribution in [3.05, 3.63) is 0 Å². The molecule has 4 unspecified atom stereocenters. The largest absolute Gasteiger partial charge is 0.389 e. The Balaban J connectivity index is 2.16. The second kappa shape index (κ2) is 1.98. The molecule has 0 aromatic heterocycles. The van der Waals surface area contributed by atoms with Gasteiger partial charge in [0.2, 0.25) is 0 Å². The molecule has 4 atom stereocenters. The first kappa shape index (κ1) is 8.28. The molecule has 0 aromatic carbocycles. The van der Waals surface area contributed by atoms with Gasteiger partial charge in [-0.3, -0.25) is 0 Å². The summed E-state index contributed by atoms with van der Waals surface area (Å²) in [4.78, 5) is 0. The molecular formula is C12H20O. The Morgan fingerprint density at radius 3 is 2.54 bits per heavy atom. The van der Waals surface area contributed by atoms with Gasteiger partial charge < -0.3 is 5.11 Å². The first-order valence-corrected chi connectivity index (χ1v) is 5.74. The summed E-state index contributed by atoms with van der Waals surface area (Å²) in [5, 5.41) is 10.6. The van der Waals surface area contributed by atoms with Crippen LogP contribution in [0.2, 0.25) is 0 Å². The van der Waals surface area contributed by atoms with E-state index in [1.807, 2.05) is 0 Å². The quantitative estimate of drug-likeness (QED) is 0.607. The number of rotatable bonds is 0. The standard InChI is InChI=1S/C12H20O/c1-10-5-3-6-12(13)8-9(10)4-7-11(10,12)2/h9,13H,3-8H2,1-2H3. The van der Waals surface area contributed by atoms with Crippen LogP contribution in [-0.4, -0.2) is 10.7 Å². The summed E-state index contributed by atoms with van der Waals surface area (Å²) in [6.07, 6.45) is 7.41. The van der Waals surface area contributed by atoms with Crippen LogP contribution in [0.4, 0.5) is 0 Å². The average molecular weight is 180 g/mol. The molecule has 4 bridgehead atoms. The van der Waals surface area contributed by atoms with Gasteiger partial charge in [-0.1, -0.05) is 13.8 Å². The van der Waals surface area contributed by atoms with E-state index in [9.17, 15) is 5.11 Å². The normalized spacial score (nSPS) is 64.4. The lowest BCUT2D eigenvalue weighted by atomic mass is 9.57. The van der Waals surface area contributed by atoms with Gasteiger partial charge in [-0.15, -0.1) is 0 Å². The molecule has 13 heavy (non-hydrogen) atoms. The molecule has 0 aliphatic heterocycles. The summed E-state index contributed by atoms with van der Waals surface area (Å²) in [7, 11) is 0. The Morgan fingerprint density at radius 2 is 1.92 bits per heavy atom. The topological polar surface area (TPSA) is 20.2 Å². The fraction of sp³-hybridized carbons (Fsp3) is 1.00. The van der Waals surface area contributed by atoms with Gasteiger partial charge in [0, 0.05) is 5.41 Å². The Bertz CT molecular complexity index is 262. The summed E-state index contributed by atoms with van der Waals surface area (Å²) in [6.45, 7) is 4.78. The molecule has 1 N–H and O–H groups in total. The van der Waals surface area contributed by atoms with E-state index in [2.05, 4.69) is 13.8 Å². The van der Waals surface area contributed by atoms with Crippen molar-refractivity contribution in [2.24, 2.45) is 16.7 Å². The van der Waals surface area contributed by atoms with Gasteiger partial charge in [-0.05, 0) is 49.9 Å². The Labute approximate surface area is 80.5 Å². The molecule has 1 nitrogen and oxygen atoms in total. The maximum absolute atomic E-state index is 10.6. The number of hydrogen-bond donors (Lipinski definition) is 1. The minimum atomic E-state index is -0.289. The van der Waals surface area contributed by atoms with E-state index in [-0.39, 0.29) is 11.0 Å². The van der Waals surface area contributed by atoms with Crippen LogP contribution < -0.4 is 0 Å². The van der Waals surface area contributed by atoms with E-state index in [0.29, 0.717) is 5.41 Å². The van der Waals surface area contributed by atoms with Crippen LogP contribution in [0.5, 0.6) is 0 Å². The Morgan fingerprint density at radius 1 is 1.15 bits per heavy atom. The van der Waals surface area contributed by atoms with E-state index in [1.54, 1.807) is 0 Å². The molecule has 3 rings (SSSR count). The van der Waals surface area contributed by atoms with E-state index in [0.717, 1.165) is 18.8 Å². The molecule has 3 saturated carbocycles. The van der Waals surface area contributed by atoms with E-state index in [4.69, 9.17) is 0 Å². The third-order valence-electron chi connectivity index (χ3n) is 6.05. The van der Waals surface area contributed by atoms with Crippen molar-refractivity contribution < 1.29 is 5.11 Å². The lowest BCUT2D eigenvalue weighted by molar-refractivity contribution is -0.121. The van der Waals surface area contributed by atoms with Crippen LogP contribution in [0.1, 0.15) is 52.4 Å². The molecule has 0 amide bonds. The molecule has 0 saturated heterocycles. The van der Waals surface area contributed by atoms with Gasteiger partial charge >= 0.3 is 0 Å². The van der Waals surface area contributed by atoms with Gasteiger partial charge in [0.15, 0.2) is 0 Å². The zero-order valence-electron chi connectivity index (χ0n) is 8.77. The predicted octanol–water partition coefficient (Wildman–Crippen LogP) is 2.73. The molecular weight excluding hydrogens is 160 g/mol. The van der Waals surface area contributed by atoms with Crippen molar-refractivity contribution in [1.82, 2.24) is 0 Å². The lowest BCUT2D eigenvalue weighted by Gasteiger charge is -2.50. The highest BCUT2D eigenvalue weighted by atomic mass is 16.3. The van der Waals surface area contributed by atoms with Crippen LogP contribution in [0, 0.1) is 16.7 Å². The van der Waals surface area contributed by atoms with Crippen LogP contribution >= 0.6 is 0 Å². The third-order valence-corrected chi connectivity index (χ3v) is 6.05. The first-order chi connectivity index (χ1) is 6.02. The average Bonchev–Trinajstić information content (AvgIpc) is 2.35. The van der Waals surface area contributed by atoms with Crippen molar-refractivity contribution in [2.45, 2.75) is 58.0 Å². The van der Waals surface area contributed by atoms with Gasteiger partial charge in [0.25, 0.3) is 0 Å². The molecule has 3 fully saturated rings. The molecule has 3 aliphatic carbocycles. The fourth-order valence-corrected chi connectivity index (χ4v) is 4.85. The fourth-order valence-electron chi connectivity index (χ4n) is 4.85. The zero-order valence-corrected chi connectivity index (χ0v) is 8.77. The molecule has 74 valence electrons.